The largest absolute Gasteiger partial charge is 0.457 e. The van der Waals surface area contributed by atoms with Crippen LogP contribution in [0.15, 0.2) is 71.9 Å². The summed E-state index contributed by atoms with van der Waals surface area (Å²) in [5, 5.41) is 4.44. The number of rotatable bonds is 5. The van der Waals surface area contributed by atoms with Crippen molar-refractivity contribution in [2.45, 2.75) is 0 Å². The van der Waals surface area contributed by atoms with E-state index in [-0.39, 0.29) is 0 Å². The van der Waals surface area contributed by atoms with Crippen molar-refractivity contribution in [1.82, 2.24) is 24.5 Å². The number of nitrogens with zero attached hydrogens (tertiary/aromatic N) is 6. The molecule has 2 heterocycles. The lowest BCUT2D eigenvalue weighted by Gasteiger charge is -2.07. The van der Waals surface area contributed by atoms with Crippen molar-refractivity contribution in [3.63, 3.8) is 0 Å². The molecule has 4 aromatic rings. The van der Waals surface area contributed by atoms with Gasteiger partial charge in [0.15, 0.2) is 0 Å². The number of hydrogen-bond acceptors (Lipinski definition) is 5. The Morgan fingerprint density at radius 3 is 2.44 bits per heavy atom. The minimum Gasteiger partial charge on any atom is -0.457 e. The van der Waals surface area contributed by atoms with Crippen LogP contribution in [0.25, 0.3) is 17.0 Å². The Morgan fingerprint density at radius 2 is 1.70 bits per heavy atom. The van der Waals surface area contributed by atoms with Crippen molar-refractivity contribution in [1.29, 1.82) is 0 Å². The fraction of sp³-hybridized carbons (Fsp3) is 0.100. The summed E-state index contributed by atoms with van der Waals surface area (Å²) >= 11 is 0. The van der Waals surface area contributed by atoms with Crippen molar-refractivity contribution >= 4 is 18.1 Å². The minimum absolute atomic E-state index is 0.368. The van der Waals surface area contributed by atoms with E-state index in [4.69, 9.17) is 4.74 Å². The standard InChI is InChI=1S/C20H18N6O/c1-25(2)14-22-19-23-20-21-13-12-18(26(20)24-19)15-8-10-17(11-9-15)27-16-6-4-3-5-7-16/h3-14H,1-2H3/b22-14-. The van der Waals surface area contributed by atoms with E-state index < -0.39 is 0 Å². The first-order chi connectivity index (χ1) is 13.2. The molecule has 0 aliphatic carbocycles. The van der Waals surface area contributed by atoms with E-state index in [9.17, 15) is 0 Å². The lowest BCUT2D eigenvalue weighted by atomic mass is 10.1. The van der Waals surface area contributed by atoms with Gasteiger partial charge in [-0.25, -0.2) is 9.98 Å². The monoisotopic (exact) mass is 358 g/mol. The van der Waals surface area contributed by atoms with Crippen LogP contribution < -0.4 is 4.74 Å². The molecule has 0 fully saturated rings. The Morgan fingerprint density at radius 1 is 0.963 bits per heavy atom. The molecule has 0 spiro atoms. The van der Waals surface area contributed by atoms with Crippen LogP contribution in [0.5, 0.6) is 11.5 Å². The summed E-state index contributed by atoms with van der Waals surface area (Å²) in [5.41, 5.74) is 1.86. The molecule has 27 heavy (non-hydrogen) atoms. The average molecular weight is 358 g/mol. The Balaban J connectivity index is 1.63. The molecule has 2 aromatic heterocycles. The van der Waals surface area contributed by atoms with E-state index in [1.54, 1.807) is 17.1 Å². The zero-order valence-electron chi connectivity index (χ0n) is 15.0. The molecule has 0 radical (unpaired) electrons. The fourth-order valence-corrected chi connectivity index (χ4v) is 2.54. The molecule has 0 bridgehead atoms. The van der Waals surface area contributed by atoms with E-state index in [1.807, 2.05) is 79.7 Å². The van der Waals surface area contributed by atoms with Gasteiger partial charge in [-0.2, -0.15) is 9.50 Å². The summed E-state index contributed by atoms with van der Waals surface area (Å²) < 4.78 is 7.53. The van der Waals surface area contributed by atoms with E-state index in [2.05, 4.69) is 20.1 Å². The van der Waals surface area contributed by atoms with Gasteiger partial charge in [-0.05, 0) is 42.5 Å². The molecule has 7 nitrogen and oxygen atoms in total. The lowest BCUT2D eigenvalue weighted by Crippen LogP contribution is -2.07. The Bertz CT molecular complexity index is 1070. The van der Waals surface area contributed by atoms with Gasteiger partial charge >= 0.3 is 0 Å². The predicted octanol–water partition coefficient (Wildman–Crippen LogP) is 3.81. The van der Waals surface area contributed by atoms with Crippen molar-refractivity contribution in [3.05, 3.63) is 66.9 Å². The first kappa shape index (κ1) is 16.7. The van der Waals surface area contributed by atoms with Crippen LogP contribution in [-0.4, -0.2) is 44.9 Å². The number of hydrogen-bond donors (Lipinski definition) is 0. The third-order valence-corrected chi connectivity index (χ3v) is 3.76. The van der Waals surface area contributed by atoms with E-state index >= 15 is 0 Å². The van der Waals surface area contributed by atoms with Crippen LogP contribution in [-0.2, 0) is 0 Å². The Labute approximate surface area is 156 Å². The van der Waals surface area contributed by atoms with Gasteiger partial charge in [-0.15, -0.1) is 5.10 Å². The zero-order chi connectivity index (χ0) is 18.6. The highest BCUT2D eigenvalue weighted by atomic mass is 16.5. The normalized spacial score (nSPS) is 11.2. The van der Waals surface area contributed by atoms with E-state index in [0.717, 1.165) is 22.8 Å². The smallest absolute Gasteiger partial charge is 0.272 e. The van der Waals surface area contributed by atoms with Gasteiger partial charge in [0.1, 0.15) is 11.5 Å². The molecule has 7 heteroatoms. The molecule has 0 unspecified atom stereocenters. The van der Waals surface area contributed by atoms with Gasteiger partial charge in [0.05, 0.1) is 12.0 Å². The third-order valence-electron chi connectivity index (χ3n) is 3.76. The number of ether oxygens (including phenoxy) is 1. The minimum atomic E-state index is 0.368. The maximum atomic E-state index is 5.84. The number of aromatic nitrogens is 4. The van der Waals surface area contributed by atoms with Crippen LogP contribution in [0.2, 0.25) is 0 Å². The number of fused-ring (bicyclic) bond motifs is 1. The van der Waals surface area contributed by atoms with E-state index in [1.165, 1.54) is 0 Å². The number of benzene rings is 2. The van der Waals surface area contributed by atoms with Gasteiger partial charge < -0.3 is 9.64 Å². The summed E-state index contributed by atoms with van der Waals surface area (Å²) in [4.78, 5) is 14.7. The van der Waals surface area contributed by atoms with Crippen molar-refractivity contribution in [2.24, 2.45) is 4.99 Å². The topological polar surface area (TPSA) is 67.9 Å². The molecule has 0 aliphatic rings. The van der Waals surface area contributed by atoms with Gasteiger partial charge in [-0.1, -0.05) is 18.2 Å². The maximum absolute atomic E-state index is 5.84. The molecule has 4 rings (SSSR count). The summed E-state index contributed by atoms with van der Waals surface area (Å²) in [6, 6.07) is 19.4. The highest BCUT2D eigenvalue weighted by molar-refractivity contribution is 5.63. The molecule has 0 saturated carbocycles. The van der Waals surface area contributed by atoms with Gasteiger partial charge in [0.2, 0.25) is 0 Å². The van der Waals surface area contributed by atoms with Crippen LogP contribution in [0.4, 0.5) is 5.95 Å². The average Bonchev–Trinajstić information content (AvgIpc) is 3.11. The molecule has 0 N–H and O–H groups in total. The zero-order valence-corrected chi connectivity index (χ0v) is 15.0. The van der Waals surface area contributed by atoms with Gasteiger partial charge in [0, 0.05) is 25.9 Å². The lowest BCUT2D eigenvalue weighted by molar-refractivity contribution is 0.483. The summed E-state index contributed by atoms with van der Waals surface area (Å²) in [6.07, 6.45) is 3.37. The molecule has 134 valence electrons. The first-order valence-electron chi connectivity index (χ1n) is 8.45. The van der Waals surface area contributed by atoms with Crippen LogP contribution >= 0.6 is 0 Å². The quantitative estimate of drug-likeness (QED) is 0.401. The highest BCUT2D eigenvalue weighted by Gasteiger charge is 2.09. The van der Waals surface area contributed by atoms with Crippen molar-refractivity contribution < 1.29 is 4.74 Å². The molecule has 0 amide bonds. The Hall–Kier alpha value is -3.74. The van der Waals surface area contributed by atoms with Crippen LogP contribution in [0, 0.1) is 0 Å². The number of aliphatic imine (C=N–C) groups is 1. The summed E-state index contributed by atoms with van der Waals surface area (Å²) in [7, 11) is 3.78. The molecule has 2 aromatic carbocycles. The molecular formula is C20H18N6O. The maximum Gasteiger partial charge on any atom is 0.272 e. The van der Waals surface area contributed by atoms with Gasteiger partial charge in [0.25, 0.3) is 11.7 Å². The predicted molar refractivity (Wildman–Crippen MR) is 105 cm³/mol. The third kappa shape index (κ3) is 3.77. The molecule has 0 aliphatic heterocycles. The number of para-hydroxylation sites is 1. The highest BCUT2D eigenvalue weighted by Crippen LogP contribution is 2.26. The Kier molecular flexibility index (Phi) is 4.49. The second kappa shape index (κ2) is 7.25. The summed E-state index contributed by atoms with van der Waals surface area (Å²) in [6.45, 7) is 0. The fourth-order valence-electron chi connectivity index (χ4n) is 2.54. The molecule has 0 saturated heterocycles. The second-order valence-corrected chi connectivity index (χ2v) is 6.10. The molecular weight excluding hydrogens is 340 g/mol. The van der Waals surface area contributed by atoms with Gasteiger partial charge in [-0.3, -0.25) is 0 Å². The van der Waals surface area contributed by atoms with Crippen molar-refractivity contribution in [3.8, 4) is 22.8 Å². The van der Waals surface area contributed by atoms with E-state index in [0.29, 0.717) is 11.7 Å². The summed E-state index contributed by atoms with van der Waals surface area (Å²) in [5.74, 6) is 2.44. The van der Waals surface area contributed by atoms with Crippen LogP contribution in [0.1, 0.15) is 0 Å². The van der Waals surface area contributed by atoms with Crippen LogP contribution in [0.3, 0.4) is 0 Å². The first-order valence-corrected chi connectivity index (χ1v) is 8.45. The van der Waals surface area contributed by atoms with Crippen molar-refractivity contribution in [2.75, 3.05) is 14.1 Å². The molecule has 0 atom stereocenters. The second-order valence-electron chi connectivity index (χ2n) is 6.10. The SMILES string of the molecule is CN(C)/C=N\c1nc2nccc(-c3ccc(Oc4ccccc4)cc3)n2n1.